The molecule has 0 saturated carbocycles. The Labute approximate surface area is 180 Å². The second-order valence-electron chi connectivity index (χ2n) is 6.96. The van der Waals surface area contributed by atoms with Crippen molar-refractivity contribution < 1.29 is 9.53 Å². The molecular formula is C22H22ClN5O2. The van der Waals surface area contributed by atoms with E-state index in [0.717, 1.165) is 24.2 Å². The third-order valence-corrected chi connectivity index (χ3v) is 5.28. The van der Waals surface area contributed by atoms with Crippen LogP contribution < -0.4 is 5.32 Å². The molecule has 1 amide bonds. The fraction of sp³-hybridized carbons (Fsp3) is 0.273. The zero-order chi connectivity index (χ0) is 20.8. The van der Waals surface area contributed by atoms with Gasteiger partial charge in [-0.2, -0.15) is 0 Å². The maximum absolute atomic E-state index is 12.7. The molecule has 8 heteroatoms. The van der Waals surface area contributed by atoms with Crippen LogP contribution in [0.1, 0.15) is 22.0 Å². The van der Waals surface area contributed by atoms with Crippen LogP contribution in [-0.2, 0) is 4.74 Å². The summed E-state index contributed by atoms with van der Waals surface area (Å²) < 4.78 is 5.47. The largest absolute Gasteiger partial charge is 0.379 e. The lowest BCUT2D eigenvalue weighted by Gasteiger charge is -2.34. The predicted octanol–water partition coefficient (Wildman–Crippen LogP) is 3.00. The number of hydrogen-bond acceptors (Lipinski definition) is 6. The second-order valence-corrected chi connectivity index (χ2v) is 7.40. The normalized spacial score (nSPS) is 15.5. The van der Waals surface area contributed by atoms with Gasteiger partial charge in [-0.25, -0.2) is 9.97 Å². The van der Waals surface area contributed by atoms with Gasteiger partial charge in [0.25, 0.3) is 5.91 Å². The molecule has 7 nitrogen and oxygen atoms in total. The minimum absolute atomic E-state index is 0.0285. The Morgan fingerprint density at radius 1 is 1.10 bits per heavy atom. The molecule has 1 aromatic carbocycles. The first-order chi connectivity index (χ1) is 14.7. The van der Waals surface area contributed by atoms with Crippen molar-refractivity contribution in [1.29, 1.82) is 0 Å². The molecule has 1 N–H and O–H groups in total. The van der Waals surface area contributed by atoms with Gasteiger partial charge >= 0.3 is 0 Å². The first kappa shape index (κ1) is 20.4. The number of nitrogens with zero attached hydrogens (tertiary/aromatic N) is 4. The quantitative estimate of drug-likeness (QED) is 0.656. The summed E-state index contributed by atoms with van der Waals surface area (Å²) >= 11 is 5.92. The number of hydrogen-bond donors (Lipinski definition) is 1. The number of pyridine rings is 1. The van der Waals surface area contributed by atoms with E-state index in [1.165, 1.54) is 0 Å². The molecule has 0 spiro atoms. The zero-order valence-electron chi connectivity index (χ0n) is 16.4. The first-order valence-electron chi connectivity index (χ1n) is 9.78. The topological polar surface area (TPSA) is 80.2 Å². The number of carbonyl (C=O) groups is 1. The van der Waals surface area contributed by atoms with Crippen LogP contribution in [0.3, 0.4) is 0 Å². The van der Waals surface area contributed by atoms with E-state index in [1.54, 1.807) is 30.7 Å². The van der Waals surface area contributed by atoms with Gasteiger partial charge in [0.2, 0.25) is 0 Å². The van der Waals surface area contributed by atoms with Crippen molar-refractivity contribution in [3.05, 3.63) is 77.3 Å². The lowest BCUT2D eigenvalue weighted by molar-refractivity contribution is 0.0161. The molecule has 3 aromatic rings. The van der Waals surface area contributed by atoms with Gasteiger partial charge in [0.1, 0.15) is 0 Å². The molecular weight excluding hydrogens is 402 g/mol. The van der Waals surface area contributed by atoms with E-state index in [0.29, 0.717) is 36.2 Å². The van der Waals surface area contributed by atoms with Crippen LogP contribution in [0.25, 0.3) is 11.4 Å². The van der Waals surface area contributed by atoms with Crippen LogP contribution in [0, 0.1) is 0 Å². The molecule has 1 saturated heterocycles. The van der Waals surface area contributed by atoms with Gasteiger partial charge in [0.05, 0.1) is 24.8 Å². The minimum atomic E-state index is -0.209. The Morgan fingerprint density at radius 2 is 1.83 bits per heavy atom. The van der Waals surface area contributed by atoms with Crippen LogP contribution in [-0.4, -0.2) is 58.6 Å². The number of morpholine rings is 1. The van der Waals surface area contributed by atoms with Gasteiger partial charge in [0.15, 0.2) is 5.82 Å². The standard InChI is InChI=1S/C22H22ClN5O2/c23-19-5-3-16(4-6-19)21-25-13-18(14-26-21)22(29)27-15-20(17-2-1-7-24-12-17)28-8-10-30-11-9-28/h1-7,12-14,20H,8-11,15H2,(H,27,29)/t20-/m1/s1. The highest BCUT2D eigenvalue weighted by Gasteiger charge is 2.23. The summed E-state index contributed by atoms with van der Waals surface area (Å²) in [6, 6.07) is 11.2. The number of halogens is 1. The molecule has 4 rings (SSSR count). The van der Waals surface area contributed by atoms with E-state index in [-0.39, 0.29) is 11.9 Å². The molecule has 154 valence electrons. The van der Waals surface area contributed by atoms with Crippen LogP contribution >= 0.6 is 11.6 Å². The summed E-state index contributed by atoms with van der Waals surface area (Å²) in [5, 5.41) is 3.67. The average Bonchev–Trinajstić information content (AvgIpc) is 2.81. The summed E-state index contributed by atoms with van der Waals surface area (Å²) in [5.74, 6) is 0.338. The molecule has 1 atom stereocenters. The molecule has 3 heterocycles. The first-order valence-corrected chi connectivity index (χ1v) is 10.2. The Hall–Kier alpha value is -2.87. The van der Waals surface area contributed by atoms with Crippen molar-refractivity contribution in [1.82, 2.24) is 25.2 Å². The SMILES string of the molecule is O=C(NC[C@H](c1cccnc1)N1CCOCC1)c1cnc(-c2ccc(Cl)cc2)nc1. The summed E-state index contributed by atoms with van der Waals surface area (Å²) in [5.41, 5.74) is 2.32. The lowest BCUT2D eigenvalue weighted by Crippen LogP contribution is -2.43. The van der Waals surface area contributed by atoms with Gasteiger partial charge in [0, 0.05) is 55.0 Å². The molecule has 1 aliphatic rings. The van der Waals surface area contributed by atoms with Crippen LogP contribution in [0.2, 0.25) is 5.02 Å². The Bertz CT molecular complexity index is 961. The number of benzene rings is 1. The highest BCUT2D eigenvalue weighted by molar-refractivity contribution is 6.30. The van der Waals surface area contributed by atoms with Gasteiger partial charge < -0.3 is 10.1 Å². The Balaban J connectivity index is 1.43. The third-order valence-electron chi connectivity index (χ3n) is 5.03. The number of ether oxygens (including phenoxy) is 1. The van der Waals surface area contributed by atoms with E-state index in [4.69, 9.17) is 16.3 Å². The van der Waals surface area contributed by atoms with Crippen molar-refractivity contribution >= 4 is 17.5 Å². The third kappa shape index (κ3) is 4.99. The predicted molar refractivity (Wildman–Crippen MR) is 114 cm³/mol. The minimum Gasteiger partial charge on any atom is -0.379 e. The number of rotatable bonds is 6. The molecule has 0 unspecified atom stereocenters. The fourth-order valence-electron chi connectivity index (χ4n) is 3.40. The molecule has 0 radical (unpaired) electrons. The molecule has 1 aliphatic heterocycles. The van der Waals surface area contributed by atoms with Crippen molar-refractivity contribution in [2.75, 3.05) is 32.8 Å². The van der Waals surface area contributed by atoms with Gasteiger partial charge in [-0.3, -0.25) is 14.7 Å². The molecule has 1 fully saturated rings. The summed E-state index contributed by atoms with van der Waals surface area (Å²) in [4.78, 5) is 27.9. The highest BCUT2D eigenvalue weighted by Crippen LogP contribution is 2.21. The summed E-state index contributed by atoms with van der Waals surface area (Å²) in [6.45, 7) is 3.46. The monoisotopic (exact) mass is 423 g/mol. The van der Waals surface area contributed by atoms with E-state index in [1.807, 2.05) is 30.5 Å². The maximum Gasteiger partial charge on any atom is 0.254 e. The van der Waals surface area contributed by atoms with Gasteiger partial charge in [-0.15, -0.1) is 0 Å². The zero-order valence-corrected chi connectivity index (χ0v) is 17.1. The van der Waals surface area contributed by atoms with E-state index >= 15 is 0 Å². The molecule has 0 aliphatic carbocycles. The van der Waals surface area contributed by atoms with Crippen molar-refractivity contribution in [3.8, 4) is 11.4 Å². The van der Waals surface area contributed by atoms with Crippen molar-refractivity contribution in [3.63, 3.8) is 0 Å². The Morgan fingerprint density at radius 3 is 2.50 bits per heavy atom. The number of amides is 1. The molecule has 30 heavy (non-hydrogen) atoms. The van der Waals surface area contributed by atoms with E-state index < -0.39 is 0 Å². The van der Waals surface area contributed by atoms with Gasteiger partial charge in [-0.05, 0) is 35.9 Å². The van der Waals surface area contributed by atoms with Crippen LogP contribution in [0.15, 0.2) is 61.2 Å². The molecule has 0 bridgehead atoms. The Kier molecular flexibility index (Phi) is 6.63. The van der Waals surface area contributed by atoms with Crippen molar-refractivity contribution in [2.45, 2.75) is 6.04 Å². The number of nitrogens with one attached hydrogen (secondary N) is 1. The average molecular weight is 424 g/mol. The summed E-state index contributed by atoms with van der Waals surface area (Å²) in [6.07, 6.45) is 6.68. The maximum atomic E-state index is 12.7. The summed E-state index contributed by atoms with van der Waals surface area (Å²) in [7, 11) is 0. The number of aromatic nitrogens is 3. The van der Waals surface area contributed by atoms with Crippen LogP contribution in [0.5, 0.6) is 0 Å². The van der Waals surface area contributed by atoms with Gasteiger partial charge in [-0.1, -0.05) is 17.7 Å². The fourth-order valence-corrected chi connectivity index (χ4v) is 3.53. The van der Waals surface area contributed by atoms with E-state index in [9.17, 15) is 4.79 Å². The molecule has 2 aromatic heterocycles. The van der Waals surface area contributed by atoms with Crippen molar-refractivity contribution in [2.24, 2.45) is 0 Å². The highest BCUT2D eigenvalue weighted by atomic mass is 35.5. The lowest BCUT2D eigenvalue weighted by atomic mass is 10.1. The second kappa shape index (κ2) is 9.75. The number of carbonyl (C=O) groups excluding carboxylic acids is 1. The van der Waals surface area contributed by atoms with Crippen LogP contribution in [0.4, 0.5) is 0 Å². The smallest absolute Gasteiger partial charge is 0.254 e. The van der Waals surface area contributed by atoms with E-state index in [2.05, 4.69) is 25.2 Å².